The molecule has 23 heavy (non-hydrogen) atoms. The highest BCUT2D eigenvalue weighted by molar-refractivity contribution is 4.89. The minimum atomic E-state index is 0.342. The molecule has 2 saturated carbocycles. The molecule has 0 spiro atoms. The maximum absolute atomic E-state index is 9.01. The van der Waals surface area contributed by atoms with Crippen molar-refractivity contribution in [2.75, 3.05) is 20.3 Å². The predicted molar refractivity (Wildman–Crippen MR) is 93.1 cm³/mol. The van der Waals surface area contributed by atoms with E-state index in [-0.39, 0.29) is 0 Å². The number of nitrogens with zero attached hydrogens (tertiary/aromatic N) is 1. The summed E-state index contributed by atoms with van der Waals surface area (Å²) in [6.07, 6.45) is 15.5. The lowest BCUT2D eigenvalue weighted by molar-refractivity contribution is 0.00591. The van der Waals surface area contributed by atoms with Gasteiger partial charge in [0.05, 0.1) is 12.2 Å². The van der Waals surface area contributed by atoms with Gasteiger partial charge in [0.2, 0.25) is 0 Å². The molecule has 0 N–H and O–H groups in total. The van der Waals surface area contributed by atoms with E-state index in [4.69, 9.17) is 14.7 Å². The standard InChI is InChI=1S/C20H35NO2/c1-22-14-4-2-3-5-15-23-20-12-10-19(11-13-20)18-8-6-17(16-21)7-9-18/h17-20H,2-15H2,1H3. The molecule has 0 aromatic carbocycles. The molecule has 0 heterocycles. The van der Waals surface area contributed by atoms with E-state index in [2.05, 4.69) is 6.07 Å². The van der Waals surface area contributed by atoms with Gasteiger partial charge in [0.25, 0.3) is 0 Å². The molecule has 0 saturated heterocycles. The maximum atomic E-state index is 9.01. The SMILES string of the molecule is COCCCCCCOC1CCC(C2CCC(C#N)CC2)CC1. The molecule has 0 aromatic rings. The van der Waals surface area contributed by atoms with E-state index in [1.165, 1.54) is 64.2 Å². The summed E-state index contributed by atoms with van der Waals surface area (Å²) in [6.45, 7) is 1.83. The van der Waals surface area contributed by atoms with E-state index in [1.807, 2.05) is 0 Å². The van der Waals surface area contributed by atoms with Crippen LogP contribution in [0.5, 0.6) is 0 Å². The van der Waals surface area contributed by atoms with Crippen LogP contribution < -0.4 is 0 Å². The Morgan fingerprint density at radius 3 is 1.91 bits per heavy atom. The number of methoxy groups -OCH3 is 1. The minimum absolute atomic E-state index is 0.342. The smallest absolute Gasteiger partial charge is 0.0655 e. The quantitative estimate of drug-likeness (QED) is 0.555. The Morgan fingerprint density at radius 1 is 0.783 bits per heavy atom. The Morgan fingerprint density at radius 2 is 1.35 bits per heavy atom. The first-order valence-corrected chi connectivity index (χ1v) is 9.83. The fraction of sp³-hybridized carbons (Fsp3) is 0.950. The Bertz CT molecular complexity index is 336. The van der Waals surface area contributed by atoms with Crippen molar-refractivity contribution in [2.24, 2.45) is 17.8 Å². The van der Waals surface area contributed by atoms with Gasteiger partial charge in [-0.2, -0.15) is 5.26 Å². The van der Waals surface area contributed by atoms with Crippen LogP contribution in [0.1, 0.15) is 77.0 Å². The van der Waals surface area contributed by atoms with Crippen molar-refractivity contribution < 1.29 is 9.47 Å². The molecular formula is C20H35NO2. The molecule has 0 aliphatic heterocycles. The number of ether oxygens (including phenoxy) is 2. The molecule has 2 aliphatic carbocycles. The highest BCUT2D eigenvalue weighted by Crippen LogP contribution is 2.40. The van der Waals surface area contributed by atoms with Crippen molar-refractivity contribution in [3.05, 3.63) is 0 Å². The fourth-order valence-corrected chi connectivity index (χ4v) is 4.40. The number of rotatable bonds is 9. The van der Waals surface area contributed by atoms with Gasteiger partial charge in [-0.1, -0.05) is 12.8 Å². The Hall–Kier alpha value is -0.590. The molecule has 0 aromatic heterocycles. The van der Waals surface area contributed by atoms with Gasteiger partial charge < -0.3 is 9.47 Å². The van der Waals surface area contributed by atoms with Crippen LogP contribution >= 0.6 is 0 Å². The third kappa shape index (κ3) is 6.81. The maximum Gasteiger partial charge on any atom is 0.0655 e. The average molecular weight is 322 g/mol. The molecular weight excluding hydrogens is 286 g/mol. The topological polar surface area (TPSA) is 42.2 Å². The average Bonchev–Trinajstić information content (AvgIpc) is 2.61. The number of hydrogen-bond acceptors (Lipinski definition) is 3. The summed E-state index contributed by atoms with van der Waals surface area (Å²) in [5, 5.41) is 9.01. The second-order valence-corrected chi connectivity index (χ2v) is 7.56. The first-order chi connectivity index (χ1) is 11.3. The van der Waals surface area contributed by atoms with E-state index in [9.17, 15) is 0 Å². The van der Waals surface area contributed by atoms with Crippen LogP contribution in [-0.4, -0.2) is 26.4 Å². The summed E-state index contributed by atoms with van der Waals surface area (Å²) >= 11 is 0. The van der Waals surface area contributed by atoms with Crippen molar-refractivity contribution >= 4 is 0 Å². The lowest BCUT2D eigenvalue weighted by Crippen LogP contribution is -2.28. The summed E-state index contributed by atoms with van der Waals surface area (Å²) in [5.74, 6) is 2.14. The van der Waals surface area contributed by atoms with Crippen LogP contribution in [0, 0.1) is 29.1 Å². The summed E-state index contributed by atoms with van der Waals surface area (Å²) in [4.78, 5) is 0. The Kier molecular flexibility index (Phi) is 9.01. The Labute approximate surface area is 142 Å². The van der Waals surface area contributed by atoms with Gasteiger partial charge in [0.1, 0.15) is 0 Å². The molecule has 3 nitrogen and oxygen atoms in total. The van der Waals surface area contributed by atoms with Crippen LogP contribution in [-0.2, 0) is 9.47 Å². The third-order valence-corrected chi connectivity index (χ3v) is 5.94. The molecule has 2 aliphatic rings. The van der Waals surface area contributed by atoms with Crippen molar-refractivity contribution in [3.63, 3.8) is 0 Å². The minimum Gasteiger partial charge on any atom is -0.385 e. The Balaban J connectivity index is 1.50. The monoisotopic (exact) mass is 321 g/mol. The van der Waals surface area contributed by atoms with Crippen LogP contribution in [0.25, 0.3) is 0 Å². The van der Waals surface area contributed by atoms with Gasteiger partial charge in [0.15, 0.2) is 0 Å². The molecule has 132 valence electrons. The van der Waals surface area contributed by atoms with Crippen LogP contribution in [0.15, 0.2) is 0 Å². The van der Waals surface area contributed by atoms with Crippen LogP contribution in [0.3, 0.4) is 0 Å². The lowest BCUT2D eigenvalue weighted by atomic mass is 9.71. The fourth-order valence-electron chi connectivity index (χ4n) is 4.40. The summed E-state index contributed by atoms with van der Waals surface area (Å²) in [6, 6.07) is 2.45. The van der Waals surface area contributed by atoms with Gasteiger partial charge in [-0.25, -0.2) is 0 Å². The molecule has 0 unspecified atom stereocenters. The third-order valence-electron chi connectivity index (χ3n) is 5.94. The van der Waals surface area contributed by atoms with E-state index in [0.717, 1.165) is 37.9 Å². The van der Waals surface area contributed by atoms with Gasteiger partial charge >= 0.3 is 0 Å². The highest BCUT2D eigenvalue weighted by atomic mass is 16.5. The van der Waals surface area contributed by atoms with Crippen LogP contribution in [0.4, 0.5) is 0 Å². The summed E-state index contributed by atoms with van der Waals surface area (Å²) in [5.41, 5.74) is 0. The summed E-state index contributed by atoms with van der Waals surface area (Å²) in [7, 11) is 1.77. The number of hydrogen-bond donors (Lipinski definition) is 0. The molecule has 3 heteroatoms. The van der Waals surface area contributed by atoms with E-state index < -0.39 is 0 Å². The largest absolute Gasteiger partial charge is 0.385 e. The van der Waals surface area contributed by atoms with Gasteiger partial charge in [-0.3, -0.25) is 0 Å². The zero-order chi connectivity index (χ0) is 16.3. The normalized spacial score (nSPS) is 31.7. The first kappa shape index (κ1) is 18.7. The van der Waals surface area contributed by atoms with E-state index in [1.54, 1.807) is 7.11 Å². The molecule has 0 amide bonds. The second-order valence-electron chi connectivity index (χ2n) is 7.56. The molecule has 2 fully saturated rings. The van der Waals surface area contributed by atoms with Crippen molar-refractivity contribution in [1.82, 2.24) is 0 Å². The zero-order valence-corrected chi connectivity index (χ0v) is 15.0. The second kappa shape index (κ2) is 11.0. The van der Waals surface area contributed by atoms with Crippen molar-refractivity contribution in [3.8, 4) is 6.07 Å². The predicted octanol–water partition coefficient (Wildman–Crippen LogP) is 5.10. The first-order valence-electron chi connectivity index (χ1n) is 9.83. The van der Waals surface area contributed by atoms with E-state index in [0.29, 0.717) is 12.0 Å². The number of nitriles is 1. The molecule has 0 radical (unpaired) electrons. The molecule has 2 rings (SSSR count). The van der Waals surface area contributed by atoms with Gasteiger partial charge in [-0.05, 0) is 76.0 Å². The molecule has 0 bridgehead atoms. The van der Waals surface area contributed by atoms with Crippen molar-refractivity contribution in [2.45, 2.75) is 83.2 Å². The lowest BCUT2D eigenvalue weighted by Gasteiger charge is -2.36. The highest BCUT2D eigenvalue weighted by Gasteiger charge is 2.30. The number of unbranched alkanes of at least 4 members (excludes halogenated alkanes) is 3. The zero-order valence-electron chi connectivity index (χ0n) is 15.0. The molecule has 0 atom stereocenters. The van der Waals surface area contributed by atoms with Crippen molar-refractivity contribution in [1.29, 1.82) is 5.26 Å². The van der Waals surface area contributed by atoms with Gasteiger partial charge in [-0.15, -0.1) is 0 Å². The van der Waals surface area contributed by atoms with Gasteiger partial charge in [0, 0.05) is 26.2 Å². The van der Waals surface area contributed by atoms with E-state index >= 15 is 0 Å². The van der Waals surface area contributed by atoms with Crippen LogP contribution in [0.2, 0.25) is 0 Å². The summed E-state index contributed by atoms with van der Waals surface area (Å²) < 4.78 is 11.2.